The molecule has 0 radical (unpaired) electrons. The van der Waals surface area contributed by atoms with Crippen molar-refractivity contribution in [2.45, 2.75) is 18.9 Å². The third kappa shape index (κ3) is 3.31. The molecule has 1 aliphatic heterocycles. The molecule has 2 aromatic heterocycles. The molecule has 0 spiro atoms. The second-order valence-corrected chi connectivity index (χ2v) is 6.42. The number of carbonyl (C=O) groups is 1. The smallest absolute Gasteiger partial charge is 0.287 e. The summed E-state index contributed by atoms with van der Waals surface area (Å²) in [7, 11) is 0. The number of rotatable bonds is 3. The van der Waals surface area contributed by atoms with Crippen molar-refractivity contribution in [2.75, 3.05) is 18.0 Å². The summed E-state index contributed by atoms with van der Waals surface area (Å²) in [5.74, 6) is 0.591. The molecule has 1 fully saturated rings. The molecular formula is C20H19N3O3. The van der Waals surface area contributed by atoms with Crippen LogP contribution in [0, 0.1) is 0 Å². The molecule has 26 heavy (non-hydrogen) atoms. The topological polar surface area (TPSA) is 75.4 Å². The molecule has 1 aliphatic rings. The number of amides is 1. The number of nitrogens with zero attached hydrogens (tertiary/aromatic N) is 2. The number of pyridine rings is 1. The fourth-order valence-electron chi connectivity index (χ4n) is 3.32. The van der Waals surface area contributed by atoms with Crippen LogP contribution in [0.3, 0.4) is 0 Å². The number of aromatic nitrogens is 1. The molecule has 0 saturated carbocycles. The highest BCUT2D eigenvalue weighted by atomic mass is 16.3. The molecule has 3 aromatic rings. The molecule has 132 valence electrons. The molecule has 0 unspecified atom stereocenters. The standard InChI is InChI=1S/C20H19N3O3/c24-16-12-18(26-17-8-2-1-7-15(16)17)20(25)22-14-6-5-11-23(13-14)19-9-3-4-10-21-19/h1-4,7-10,12,14H,5-6,11,13H2,(H,22,25)/t14-/m0/s1. The Labute approximate surface area is 150 Å². The van der Waals surface area contributed by atoms with Gasteiger partial charge in [-0.25, -0.2) is 4.98 Å². The molecule has 6 heteroatoms. The Balaban J connectivity index is 1.50. The Kier molecular flexibility index (Phi) is 4.39. The number of hydrogen-bond acceptors (Lipinski definition) is 5. The van der Waals surface area contributed by atoms with Crippen molar-refractivity contribution in [3.63, 3.8) is 0 Å². The zero-order valence-electron chi connectivity index (χ0n) is 14.2. The molecule has 1 saturated heterocycles. The van der Waals surface area contributed by atoms with E-state index in [0.717, 1.165) is 25.2 Å². The van der Waals surface area contributed by atoms with Gasteiger partial charge in [-0.1, -0.05) is 18.2 Å². The average molecular weight is 349 g/mol. The minimum atomic E-state index is -0.360. The van der Waals surface area contributed by atoms with Gasteiger partial charge in [0.15, 0.2) is 11.2 Å². The highest BCUT2D eigenvalue weighted by Crippen LogP contribution is 2.18. The minimum absolute atomic E-state index is 0.0185. The van der Waals surface area contributed by atoms with E-state index in [4.69, 9.17) is 4.42 Å². The minimum Gasteiger partial charge on any atom is -0.451 e. The second-order valence-electron chi connectivity index (χ2n) is 6.42. The van der Waals surface area contributed by atoms with Gasteiger partial charge in [0.25, 0.3) is 5.91 Å². The van der Waals surface area contributed by atoms with E-state index in [9.17, 15) is 9.59 Å². The van der Waals surface area contributed by atoms with E-state index in [2.05, 4.69) is 15.2 Å². The van der Waals surface area contributed by atoms with E-state index in [1.165, 1.54) is 6.07 Å². The average Bonchev–Trinajstić information content (AvgIpc) is 2.69. The summed E-state index contributed by atoms with van der Waals surface area (Å²) in [6.45, 7) is 1.59. The maximum absolute atomic E-state index is 12.6. The molecule has 1 N–H and O–H groups in total. The largest absolute Gasteiger partial charge is 0.451 e. The van der Waals surface area contributed by atoms with E-state index < -0.39 is 0 Å². The highest BCUT2D eigenvalue weighted by Gasteiger charge is 2.23. The lowest BCUT2D eigenvalue weighted by atomic mass is 10.1. The Morgan fingerprint density at radius 3 is 2.88 bits per heavy atom. The van der Waals surface area contributed by atoms with Gasteiger partial charge in [-0.2, -0.15) is 0 Å². The number of fused-ring (bicyclic) bond motifs is 1. The van der Waals surface area contributed by atoms with Gasteiger partial charge in [0.05, 0.1) is 5.39 Å². The first-order valence-electron chi connectivity index (χ1n) is 8.70. The van der Waals surface area contributed by atoms with Crippen LogP contribution in [0.4, 0.5) is 5.82 Å². The predicted molar refractivity (Wildman–Crippen MR) is 99.4 cm³/mol. The zero-order chi connectivity index (χ0) is 17.9. The fraction of sp³-hybridized carbons (Fsp3) is 0.250. The van der Waals surface area contributed by atoms with Gasteiger partial charge in [0.2, 0.25) is 0 Å². The zero-order valence-corrected chi connectivity index (χ0v) is 14.2. The number of hydrogen-bond donors (Lipinski definition) is 1. The van der Waals surface area contributed by atoms with Crippen LogP contribution < -0.4 is 15.6 Å². The molecule has 4 rings (SSSR count). The van der Waals surface area contributed by atoms with Crippen LogP contribution in [-0.2, 0) is 0 Å². The monoisotopic (exact) mass is 349 g/mol. The van der Waals surface area contributed by atoms with E-state index in [-0.39, 0.29) is 23.1 Å². The lowest BCUT2D eigenvalue weighted by Crippen LogP contribution is -2.48. The third-order valence-corrected chi connectivity index (χ3v) is 4.59. The molecule has 0 bridgehead atoms. The Morgan fingerprint density at radius 1 is 1.19 bits per heavy atom. The SMILES string of the molecule is O=C(N[C@H]1CCCN(c2ccccn2)C1)c1cc(=O)c2ccccc2o1. The maximum Gasteiger partial charge on any atom is 0.287 e. The summed E-state index contributed by atoms with van der Waals surface area (Å²) < 4.78 is 5.62. The molecule has 6 nitrogen and oxygen atoms in total. The number of para-hydroxylation sites is 1. The lowest BCUT2D eigenvalue weighted by molar-refractivity contribution is 0.0905. The van der Waals surface area contributed by atoms with Crippen LogP contribution in [0.2, 0.25) is 0 Å². The van der Waals surface area contributed by atoms with Gasteiger partial charge >= 0.3 is 0 Å². The molecule has 1 aromatic carbocycles. The summed E-state index contributed by atoms with van der Waals surface area (Å²) in [6.07, 6.45) is 3.61. The third-order valence-electron chi connectivity index (χ3n) is 4.59. The highest BCUT2D eigenvalue weighted by molar-refractivity contribution is 5.93. The van der Waals surface area contributed by atoms with Crippen molar-refractivity contribution >= 4 is 22.7 Å². The number of carbonyl (C=O) groups excluding carboxylic acids is 1. The maximum atomic E-state index is 12.6. The van der Waals surface area contributed by atoms with Crippen molar-refractivity contribution < 1.29 is 9.21 Å². The first-order valence-corrected chi connectivity index (χ1v) is 8.70. The van der Waals surface area contributed by atoms with Crippen LogP contribution in [0.15, 0.2) is 63.9 Å². The van der Waals surface area contributed by atoms with Crippen molar-refractivity contribution in [3.8, 4) is 0 Å². The summed E-state index contributed by atoms with van der Waals surface area (Å²) in [6, 6.07) is 14.0. The molecular weight excluding hydrogens is 330 g/mol. The first-order chi connectivity index (χ1) is 12.7. The summed E-state index contributed by atoms with van der Waals surface area (Å²) in [5.41, 5.74) is 0.208. The van der Waals surface area contributed by atoms with E-state index in [1.54, 1.807) is 30.5 Å². The number of benzene rings is 1. The van der Waals surface area contributed by atoms with Gasteiger partial charge in [0.1, 0.15) is 11.4 Å². The van der Waals surface area contributed by atoms with E-state index in [1.807, 2.05) is 18.2 Å². The van der Waals surface area contributed by atoms with Gasteiger partial charge in [-0.15, -0.1) is 0 Å². The van der Waals surface area contributed by atoms with Crippen LogP contribution in [0.5, 0.6) is 0 Å². The van der Waals surface area contributed by atoms with Crippen LogP contribution in [0.25, 0.3) is 11.0 Å². The number of nitrogens with one attached hydrogen (secondary N) is 1. The van der Waals surface area contributed by atoms with Gasteiger partial charge < -0.3 is 14.6 Å². The van der Waals surface area contributed by atoms with Crippen molar-refractivity contribution in [3.05, 3.63) is 70.7 Å². The van der Waals surface area contributed by atoms with Crippen LogP contribution >= 0.6 is 0 Å². The van der Waals surface area contributed by atoms with Gasteiger partial charge in [-0.3, -0.25) is 9.59 Å². The predicted octanol–water partition coefficient (Wildman–Crippen LogP) is 2.59. The molecule has 0 aliphatic carbocycles. The van der Waals surface area contributed by atoms with Crippen molar-refractivity contribution in [2.24, 2.45) is 0 Å². The lowest BCUT2D eigenvalue weighted by Gasteiger charge is -2.33. The Morgan fingerprint density at radius 2 is 2.04 bits per heavy atom. The summed E-state index contributed by atoms with van der Waals surface area (Å²) in [4.78, 5) is 31.3. The van der Waals surface area contributed by atoms with Crippen LogP contribution in [-0.4, -0.2) is 30.0 Å². The van der Waals surface area contributed by atoms with Crippen LogP contribution in [0.1, 0.15) is 23.4 Å². The van der Waals surface area contributed by atoms with Gasteiger partial charge in [-0.05, 0) is 37.1 Å². The normalized spacial score (nSPS) is 17.2. The van der Waals surface area contributed by atoms with E-state index >= 15 is 0 Å². The quantitative estimate of drug-likeness (QED) is 0.787. The summed E-state index contributed by atoms with van der Waals surface area (Å²) >= 11 is 0. The van der Waals surface area contributed by atoms with Crippen molar-refractivity contribution in [1.82, 2.24) is 10.3 Å². The summed E-state index contributed by atoms with van der Waals surface area (Å²) in [5, 5.41) is 3.46. The van der Waals surface area contributed by atoms with Gasteiger partial charge in [0, 0.05) is 31.4 Å². The molecule has 1 amide bonds. The Bertz CT molecular complexity index is 984. The Hall–Kier alpha value is -3.15. The number of anilines is 1. The second kappa shape index (κ2) is 7.00. The van der Waals surface area contributed by atoms with Crippen molar-refractivity contribution in [1.29, 1.82) is 0 Å². The first kappa shape index (κ1) is 16.3. The van der Waals surface area contributed by atoms with E-state index in [0.29, 0.717) is 17.5 Å². The molecule has 1 atom stereocenters. The number of piperidine rings is 1. The fourth-order valence-corrected chi connectivity index (χ4v) is 3.32. The molecule has 3 heterocycles.